The van der Waals surface area contributed by atoms with Crippen LogP contribution in [0.2, 0.25) is 0 Å². The van der Waals surface area contributed by atoms with Crippen LogP contribution in [0.3, 0.4) is 0 Å². The van der Waals surface area contributed by atoms with E-state index >= 15 is 0 Å². The van der Waals surface area contributed by atoms with Crippen LogP contribution in [-0.2, 0) is 13.1 Å². The van der Waals surface area contributed by atoms with Gasteiger partial charge in [-0.3, -0.25) is 4.90 Å². The molecule has 0 bridgehead atoms. The zero-order valence-corrected chi connectivity index (χ0v) is 19.7. The zero-order chi connectivity index (χ0) is 25.7. The minimum absolute atomic E-state index is 0.0448. The third-order valence-corrected chi connectivity index (χ3v) is 6.08. The number of nitrogens with zero attached hydrogens (tertiary/aromatic N) is 3. The highest BCUT2D eigenvalue weighted by molar-refractivity contribution is 5.43. The molecule has 8 nitrogen and oxygen atoms in total. The highest BCUT2D eigenvalue weighted by atomic mass is 19.2. The van der Waals surface area contributed by atoms with Crippen LogP contribution >= 0.6 is 0 Å². The second kappa shape index (κ2) is 11.2. The number of ether oxygens (including phenoxy) is 3. The highest BCUT2D eigenvalue weighted by Crippen LogP contribution is 2.30. The summed E-state index contributed by atoms with van der Waals surface area (Å²) in [5.41, 5.74) is -0.799. The van der Waals surface area contributed by atoms with Crippen molar-refractivity contribution in [2.24, 2.45) is 0 Å². The fourth-order valence-electron chi connectivity index (χ4n) is 4.12. The summed E-state index contributed by atoms with van der Waals surface area (Å²) in [6.07, 6.45) is 4.39. The first kappa shape index (κ1) is 25.8. The summed E-state index contributed by atoms with van der Waals surface area (Å²) in [5.74, 6) is -3.52. The van der Waals surface area contributed by atoms with Crippen molar-refractivity contribution in [1.29, 1.82) is 0 Å². The maximum absolute atomic E-state index is 13.5. The number of likely N-dealkylation sites (tertiary alicyclic amines) is 1. The average molecular weight is 508 g/mol. The molecule has 1 aromatic heterocycles. The van der Waals surface area contributed by atoms with E-state index in [0.29, 0.717) is 49.9 Å². The van der Waals surface area contributed by atoms with E-state index in [1.54, 1.807) is 25.7 Å². The monoisotopic (exact) mass is 507 g/mol. The number of aromatic nitrogens is 2. The van der Waals surface area contributed by atoms with E-state index in [2.05, 4.69) is 4.98 Å². The molecule has 2 atom stereocenters. The van der Waals surface area contributed by atoms with Gasteiger partial charge in [-0.15, -0.1) is 0 Å². The molecule has 0 spiro atoms. The third-order valence-electron chi connectivity index (χ3n) is 6.08. The quantitative estimate of drug-likeness (QED) is 0.408. The van der Waals surface area contributed by atoms with Gasteiger partial charge in [-0.2, -0.15) is 0 Å². The molecule has 2 N–H and O–H groups in total. The second-order valence-corrected chi connectivity index (χ2v) is 8.74. The number of aliphatic hydroxyl groups is 2. The molecule has 36 heavy (non-hydrogen) atoms. The largest absolute Gasteiger partial charge is 0.493 e. The lowest BCUT2D eigenvalue weighted by Gasteiger charge is -2.42. The Hall–Kier alpha value is -3.28. The van der Waals surface area contributed by atoms with E-state index in [-0.39, 0.29) is 18.7 Å². The Bertz CT molecular complexity index is 1140. The number of halogens is 3. The second-order valence-electron chi connectivity index (χ2n) is 8.74. The average Bonchev–Trinajstić information content (AvgIpc) is 3.37. The maximum Gasteiger partial charge on any atom is 0.194 e. The van der Waals surface area contributed by atoms with Crippen LogP contribution in [0.15, 0.2) is 49.1 Å². The van der Waals surface area contributed by atoms with Gasteiger partial charge in [0.25, 0.3) is 0 Å². The fraction of sp³-hybridized carbons (Fsp3) is 0.400. The molecule has 1 aliphatic heterocycles. The topological polar surface area (TPSA) is 89.2 Å². The molecule has 0 radical (unpaired) electrons. The van der Waals surface area contributed by atoms with Gasteiger partial charge in [0, 0.05) is 44.2 Å². The van der Waals surface area contributed by atoms with E-state index in [9.17, 15) is 23.4 Å². The van der Waals surface area contributed by atoms with Crippen LogP contribution in [-0.4, -0.2) is 69.8 Å². The summed E-state index contributed by atoms with van der Waals surface area (Å²) < 4.78 is 58.7. The van der Waals surface area contributed by atoms with Crippen molar-refractivity contribution < 1.29 is 37.6 Å². The van der Waals surface area contributed by atoms with Crippen molar-refractivity contribution in [3.05, 3.63) is 72.1 Å². The summed E-state index contributed by atoms with van der Waals surface area (Å²) in [6, 6.07) is 6.93. The molecule has 0 aliphatic carbocycles. The highest BCUT2D eigenvalue weighted by Gasteiger charge is 2.42. The number of methoxy groups -OCH3 is 1. The summed E-state index contributed by atoms with van der Waals surface area (Å²) >= 11 is 0. The van der Waals surface area contributed by atoms with Crippen molar-refractivity contribution in [2.75, 3.05) is 33.4 Å². The molecule has 1 fully saturated rings. The molecular formula is C25H28F3N3O5. The van der Waals surface area contributed by atoms with Crippen LogP contribution in [0.4, 0.5) is 13.2 Å². The lowest BCUT2D eigenvalue weighted by atomic mass is 9.90. The van der Waals surface area contributed by atoms with Crippen LogP contribution < -0.4 is 14.2 Å². The molecule has 0 saturated carbocycles. The normalized spacial score (nSPS) is 20.3. The van der Waals surface area contributed by atoms with E-state index in [1.807, 2.05) is 27.8 Å². The number of aliphatic hydroxyl groups excluding tert-OH is 1. The van der Waals surface area contributed by atoms with E-state index in [1.165, 1.54) is 0 Å². The van der Waals surface area contributed by atoms with Crippen LogP contribution in [0.5, 0.6) is 17.2 Å². The fourth-order valence-corrected chi connectivity index (χ4v) is 4.12. The van der Waals surface area contributed by atoms with Gasteiger partial charge in [-0.25, -0.2) is 18.2 Å². The molecule has 11 heteroatoms. The molecule has 2 aromatic carbocycles. The molecule has 0 amide bonds. The molecule has 0 unspecified atom stereocenters. The first-order chi connectivity index (χ1) is 17.3. The maximum atomic E-state index is 13.5. The number of hydrogen-bond acceptors (Lipinski definition) is 7. The molecule has 1 saturated heterocycles. The number of imidazole rings is 1. The first-order valence-electron chi connectivity index (χ1n) is 11.4. The summed E-state index contributed by atoms with van der Waals surface area (Å²) in [7, 11) is 1.56. The van der Waals surface area contributed by atoms with Crippen molar-refractivity contribution in [3.63, 3.8) is 0 Å². The SMILES string of the molecule is COc1ccc(CN2CC[C@H](O)[C@@](O)(COc3cc(F)c(F)c(F)c3)C2)cc1OCCn1ccnc1. The van der Waals surface area contributed by atoms with Crippen molar-refractivity contribution in [1.82, 2.24) is 14.5 Å². The Morgan fingerprint density at radius 1 is 1.11 bits per heavy atom. The Balaban J connectivity index is 1.39. The van der Waals surface area contributed by atoms with Crippen LogP contribution in [0.25, 0.3) is 0 Å². The number of rotatable bonds is 10. The van der Waals surface area contributed by atoms with Crippen molar-refractivity contribution in [2.45, 2.75) is 31.2 Å². The predicted molar refractivity (Wildman–Crippen MR) is 123 cm³/mol. The molecule has 194 valence electrons. The number of β-amino-alcohol motifs (C(OH)–C–C–N with tert-alkyl or cyclic N) is 1. The number of piperidine rings is 1. The summed E-state index contributed by atoms with van der Waals surface area (Å²) in [5, 5.41) is 21.5. The molecular weight excluding hydrogens is 479 g/mol. The summed E-state index contributed by atoms with van der Waals surface area (Å²) in [6.45, 7) is 1.59. The van der Waals surface area contributed by atoms with Gasteiger partial charge >= 0.3 is 0 Å². The van der Waals surface area contributed by atoms with Gasteiger partial charge in [-0.1, -0.05) is 6.07 Å². The first-order valence-corrected chi connectivity index (χ1v) is 11.4. The Labute approximate surface area is 206 Å². The van der Waals surface area contributed by atoms with Gasteiger partial charge in [0.15, 0.2) is 29.0 Å². The van der Waals surface area contributed by atoms with E-state index in [4.69, 9.17) is 14.2 Å². The molecule has 4 rings (SSSR count). The van der Waals surface area contributed by atoms with E-state index in [0.717, 1.165) is 5.56 Å². The standard InChI is InChI=1S/C25H28F3N3O5/c1-34-21-3-2-17(10-22(21)35-9-8-30-7-5-29-16-30)13-31-6-4-23(32)25(33,14-31)15-36-18-11-19(26)24(28)20(27)12-18/h2-3,5,7,10-12,16,23,32-33H,4,6,8-9,13-15H2,1H3/t23-,25-/m0/s1. The van der Waals surface area contributed by atoms with Crippen LogP contribution in [0.1, 0.15) is 12.0 Å². The van der Waals surface area contributed by atoms with Gasteiger partial charge in [-0.05, 0) is 24.1 Å². The molecule has 2 heterocycles. The Kier molecular flexibility index (Phi) is 8.02. The minimum Gasteiger partial charge on any atom is -0.493 e. The third kappa shape index (κ3) is 6.10. The van der Waals surface area contributed by atoms with Gasteiger partial charge in [0.2, 0.25) is 0 Å². The lowest BCUT2D eigenvalue weighted by Crippen LogP contribution is -2.59. The van der Waals surface area contributed by atoms with Gasteiger partial charge in [0.1, 0.15) is 24.6 Å². The van der Waals surface area contributed by atoms with Gasteiger partial charge < -0.3 is 29.0 Å². The van der Waals surface area contributed by atoms with Crippen molar-refractivity contribution in [3.8, 4) is 17.2 Å². The molecule has 1 aliphatic rings. The lowest BCUT2D eigenvalue weighted by molar-refractivity contribution is -0.140. The Morgan fingerprint density at radius 3 is 2.58 bits per heavy atom. The van der Waals surface area contributed by atoms with Crippen LogP contribution in [0, 0.1) is 17.5 Å². The number of benzene rings is 2. The van der Waals surface area contributed by atoms with E-state index < -0.39 is 35.8 Å². The Morgan fingerprint density at radius 2 is 1.89 bits per heavy atom. The summed E-state index contributed by atoms with van der Waals surface area (Å²) in [4.78, 5) is 5.93. The van der Waals surface area contributed by atoms with Crippen molar-refractivity contribution >= 4 is 0 Å². The zero-order valence-electron chi connectivity index (χ0n) is 19.7. The smallest absolute Gasteiger partial charge is 0.194 e. The minimum atomic E-state index is -1.70. The van der Waals surface area contributed by atoms with Gasteiger partial charge in [0.05, 0.1) is 26.1 Å². The predicted octanol–water partition coefficient (Wildman–Crippen LogP) is 2.76. The number of hydrogen-bond donors (Lipinski definition) is 2. The molecule has 3 aromatic rings.